The molecule has 0 aromatic heterocycles. The molecule has 24 heavy (non-hydrogen) atoms. The second-order valence-electron chi connectivity index (χ2n) is 7.56. The standard InChI is InChI=1S/C17H31N3O4/c1-6-11(2)14(16(23)24)19-15(22)12-8-7-9-20(12)13(21)10-18-17(3,4)5/h11-12,14,18H,6-10H2,1-5H3,(H,19,22)(H,23,24)/t11-,12-,14-/m0/s1. The van der Waals surface area contributed by atoms with Gasteiger partial charge >= 0.3 is 5.97 Å². The number of nitrogens with one attached hydrogen (secondary N) is 2. The minimum Gasteiger partial charge on any atom is -0.480 e. The monoisotopic (exact) mass is 341 g/mol. The van der Waals surface area contributed by atoms with Crippen molar-refractivity contribution < 1.29 is 19.5 Å². The van der Waals surface area contributed by atoms with Crippen molar-refractivity contribution in [3.05, 3.63) is 0 Å². The molecule has 0 unspecified atom stereocenters. The van der Waals surface area contributed by atoms with Crippen molar-refractivity contribution in [2.75, 3.05) is 13.1 Å². The zero-order valence-corrected chi connectivity index (χ0v) is 15.4. The van der Waals surface area contributed by atoms with Gasteiger partial charge in [-0.15, -0.1) is 0 Å². The summed E-state index contributed by atoms with van der Waals surface area (Å²) in [4.78, 5) is 37.8. The third kappa shape index (κ3) is 5.78. The Morgan fingerprint density at radius 1 is 1.29 bits per heavy atom. The van der Waals surface area contributed by atoms with Gasteiger partial charge in [-0.2, -0.15) is 0 Å². The van der Waals surface area contributed by atoms with Crippen LogP contribution in [0.5, 0.6) is 0 Å². The molecule has 0 aromatic carbocycles. The van der Waals surface area contributed by atoms with E-state index in [2.05, 4.69) is 10.6 Å². The topological polar surface area (TPSA) is 98.7 Å². The summed E-state index contributed by atoms with van der Waals surface area (Å²) in [7, 11) is 0. The van der Waals surface area contributed by atoms with Crippen molar-refractivity contribution in [2.45, 2.75) is 71.5 Å². The number of aliphatic carboxylic acids is 1. The lowest BCUT2D eigenvalue weighted by Crippen LogP contribution is -2.54. The van der Waals surface area contributed by atoms with E-state index in [0.717, 1.165) is 6.42 Å². The predicted octanol–water partition coefficient (Wildman–Crippen LogP) is 0.981. The van der Waals surface area contributed by atoms with Crippen molar-refractivity contribution in [1.29, 1.82) is 0 Å². The molecular weight excluding hydrogens is 310 g/mol. The van der Waals surface area contributed by atoms with E-state index >= 15 is 0 Å². The summed E-state index contributed by atoms with van der Waals surface area (Å²) in [5.74, 6) is -1.70. The van der Waals surface area contributed by atoms with E-state index in [9.17, 15) is 19.5 Å². The highest BCUT2D eigenvalue weighted by atomic mass is 16.4. The van der Waals surface area contributed by atoms with Gasteiger partial charge in [-0.25, -0.2) is 4.79 Å². The Kier molecular flexibility index (Phi) is 7.20. The summed E-state index contributed by atoms with van der Waals surface area (Å²) in [6.45, 7) is 10.3. The summed E-state index contributed by atoms with van der Waals surface area (Å²) in [6, 6.07) is -1.50. The van der Waals surface area contributed by atoms with Gasteiger partial charge in [0.2, 0.25) is 11.8 Å². The molecule has 138 valence electrons. The van der Waals surface area contributed by atoms with Crippen LogP contribution in [0.25, 0.3) is 0 Å². The summed E-state index contributed by atoms with van der Waals surface area (Å²) in [5.41, 5.74) is -0.182. The quantitative estimate of drug-likeness (QED) is 0.641. The van der Waals surface area contributed by atoms with E-state index in [1.54, 1.807) is 11.8 Å². The van der Waals surface area contributed by atoms with Gasteiger partial charge in [0.25, 0.3) is 0 Å². The molecule has 1 aliphatic heterocycles. The summed E-state index contributed by atoms with van der Waals surface area (Å²) >= 11 is 0. The Morgan fingerprint density at radius 2 is 1.92 bits per heavy atom. The average molecular weight is 341 g/mol. The van der Waals surface area contributed by atoms with Crippen LogP contribution >= 0.6 is 0 Å². The summed E-state index contributed by atoms with van der Waals surface area (Å²) in [6.07, 6.45) is 1.97. The van der Waals surface area contributed by atoms with Crippen molar-refractivity contribution in [3.63, 3.8) is 0 Å². The minimum absolute atomic E-state index is 0.127. The van der Waals surface area contributed by atoms with Crippen LogP contribution in [0.4, 0.5) is 0 Å². The molecule has 0 saturated carbocycles. The second-order valence-corrected chi connectivity index (χ2v) is 7.56. The molecule has 2 amide bonds. The SMILES string of the molecule is CC[C@H](C)[C@H](NC(=O)[C@@H]1CCCN1C(=O)CNC(C)(C)C)C(=O)O. The van der Waals surface area contributed by atoms with Gasteiger partial charge in [-0.1, -0.05) is 20.3 Å². The van der Waals surface area contributed by atoms with Gasteiger partial charge < -0.3 is 20.6 Å². The molecule has 0 radical (unpaired) electrons. The van der Waals surface area contributed by atoms with E-state index < -0.39 is 18.1 Å². The molecule has 1 rings (SSSR count). The summed E-state index contributed by atoms with van der Waals surface area (Å²) in [5, 5.41) is 15.1. The van der Waals surface area contributed by atoms with Crippen LogP contribution in [-0.4, -0.2) is 58.5 Å². The molecule has 1 saturated heterocycles. The maximum absolute atomic E-state index is 12.5. The number of hydrogen-bond acceptors (Lipinski definition) is 4. The molecule has 7 nitrogen and oxygen atoms in total. The molecule has 3 atom stereocenters. The van der Waals surface area contributed by atoms with Crippen LogP contribution in [-0.2, 0) is 14.4 Å². The van der Waals surface area contributed by atoms with Crippen molar-refractivity contribution in [1.82, 2.24) is 15.5 Å². The maximum atomic E-state index is 12.5. The fraction of sp³-hybridized carbons (Fsp3) is 0.824. The smallest absolute Gasteiger partial charge is 0.326 e. The van der Waals surface area contributed by atoms with Gasteiger partial charge in [-0.05, 0) is 39.5 Å². The zero-order valence-electron chi connectivity index (χ0n) is 15.4. The second kappa shape index (κ2) is 8.46. The molecule has 1 fully saturated rings. The Hall–Kier alpha value is -1.63. The van der Waals surface area contributed by atoms with Gasteiger partial charge in [0.15, 0.2) is 0 Å². The molecular formula is C17H31N3O4. The van der Waals surface area contributed by atoms with Gasteiger partial charge in [0, 0.05) is 12.1 Å². The number of nitrogens with zero attached hydrogens (tertiary/aromatic N) is 1. The minimum atomic E-state index is -1.04. The molecule has 1 aliphatic rings. The molecule has 0 aliphatic carbocycles. The van der Waals surface area contributed by atoms with E-state index in [1.807, 2.05) is 27.7 Å². The van der Waals surface area contributed by atoms with Gasteiger partial charge in [-0.3, -0.25) is 9.59 Å². The highest BCUT2D eigenvalue weighted by Gasteiger charge is 2.36. The van der Waals surface area contributed by atoms with Crippen molar-refractivity contribution >= 4 is 17.8 Å². The third-order valence-electron chi connectivity index (χ3n) is 4.42. The Labute approximate surface area is 144 Å². The first-order valence-electron chi connectivity index (χ1n) is 8.64. The average Bonchev–Trinajstić information content (AvgIpc) is 2.97. The third-order valence-corrected chi connectivity index (χ3v) is 4.42. The Balaban J connectivity index is 2.71. The fourth-order valence-corrected chi connectivity index (χ4v) is 2.71. The van der Waals surface area contributed by atoms with Crippen molar-refractivity contribution in [2.24, 2.45) is 5.92 Å². The molecule has 0 spiro atoms. The van der Waals surface area contributed by atoms with Crippen molar-refractivity contribution in [3.8, 4) is 0 Å². The molecule has 7 heteroatoms. The van der Waals surface area contributed by atoms with Crippen LogP contribution in [0.2, 0.25) is 0 Å². The highest BCUT2D eigenvalue weighted by Crippen LogP contribution is 2.19. The lowest BCUT2D eigenvalue weighted by Gasteiger charge is -2.28. The lowest BCUT2D eigenvalue weighted by atomic mass is 9.99. The van der Waals surface area contributed by atoms with Crippen LogP contribution in [0.15, 0.2) is 0 Å². The fourth-order valence-electron chi connectivity index (χ4n) is 2.71. The number of carboxylic acids is 1. The van der Waals surface area contributed by atoms with E-state index in [0.29, 0.717) is 19.4 Å². The van der Waals surface area contributed by atoms with Crippen LogP contribution in [0, 0.1) is 5.92 Å². The molecule has 0 bridgehead atoms. The number of carboxylic acid groups (broad SMARTS) is 1. The lowest BCUT2D eigenvalue weighted by molar-refractivity contribution is -0.145. The first-order valence-corrected chi connectivity index (χ1v) is 8.64. The first kappa shape index (κ1) is 20.4. The largest absolute Gasteiger partial charge is 0.480 e. The van der Waals surface area contributed by atoms with Crippen LogP contribution in [0.3, 0.4) is 0 Å². The molecule has 0 aromatic rings. The number of hydrogen-bond donors (Lipinski definition) is 3. The zero-order chi connectivity index (χ0) is 18.5. The Morgan fingerprint density at radius 3 is 2.42 bits per heavy atom. The first-order chi connectivity index (χ1) is 11.1. The number of amides is 2. The highest BCUT2D eigenvalue weighted by molar-refractivity contribution is 5.91. The number of rotatable bonds is 7. The number of likely N-dealkylation sites (tertiary alicyclic amines) is 1. The van der Waals surface area contributed by atoms with E-state index in [4.69, 9.17) is 0 Å². The maximum Gasteiger partial charge on any atom is 0.326 e. The van der Waals surface area contributed by atoms with E-state index in [1.165, 1.54) is 0 Å². The van der Waals surface area contributed by atoms with E-state index in [-0.39, 0.29) is 29.8 Å². The number of carbonyl (C=O) groups excluding carboxylic acids is 2. The predicted molar refractivity (Wildman–Crippen MR) is 91.5 cm³/mol. The van der Waals surface area contributed by atoms with Gasteiger partial charge in [0.05, 0.1) is 6.54 Å². The number of carbonyl (C=O) groups is 3. The normalized spacial score (nSPS) is 20.5. The summed E-state index contributed by atoms with van der Waals surface area (Å²) < 4.78 is 0. The van der Waals surface area contributed by atoms with Crippen LogP contribution < -0.4 is 10.6 Å². The van der Waals surface area contributed by atoms with Crippen LogP contribution in [0.1, 0.15) is 53.9 Å². The molecule has 3 N–H and O–H groups in total. The Bertz CT molecular complexity index is 473. The molecule has 1 heterocycles. The van der Waals surface area contributed by atoms with Gasteiger partial charge in [0.1, 0.15) is 12.1 Å².